The molecule has 2 aliphatic heterocycles. The number of carbonyl (C=O) groups excluding carboxylic acids is 3. The predicted octanol–water partition coefficient (Wildman–Crippen LogP) is 3.33. The average Bonchev–Trinajstić information content (AvgIpc) is 3.09. The van der Waals surface area contributed by atoms with Crippen LogP contribution in [0.15, 0.2) is 48.5 Å². The minimum atomic E-state index is -0.535. The number of likely N-dealkylation sites (N-methyl/N-ethyl adjacent to an activating group) is 1. The first-order chi connectivity index (χ1) is 16.3. The van der Waals surface area contributed by atoms with E-state index in [1.807, 2.05) is 35.2 Å². The quantitative estimate of drug-likeness (QED) is 0.648. The zero-order chi connectivity index (χ0) is 24.2. The monoisotopic (exact) mass is 468 g/mol. The van der Waals surface area contributed by atoms with Crippen LogP contribution in [-0.2, 0) is 9.53 Å². The molecule has 8 nitrogen and oxygen atoms in total. The lowest BCUT2D eigenvalue weighted by Gasteiger charge is -2.29. The zero-order valence-corrected chi connectivity index (χ0v) is 19.4. The second kappa shape index (κ2) is 10.2. The highest BCUT2D eigenvalue weighted by molar-refractivity contribution is 5.94. The van der Waals surface area contributed by atoms with Gasteiger partial charge in [-0.2, -0.15) is 0 Å². The Morgan fingerprint density at radius 2 is 1.79 bits per heavy atom. The third-order valence-electron chi connectivity index (χ3n) is 6.22. The van der Waals surface area contributed by atoms with Gasteiger partial charge in [0.05, 0.1) is 24.5 Å². The smallest absolute Gasteiger partial charge is 0.414 e. The largest absolute Gasteiger partial charge is 0.444 e. The minimum Gasteiger partial charge on any atom is -0.444 e. The fourth-order valence-electron chi connectivity index (χ4n) is 4.28. The van der Waals surface area contributed by atoms with Crippen LogP contribution < -0.4 is 9.80 Å². The predicted molar refractivity (Wildman–Crippen MR) is 126 cm³/mol. The lowest BCUT2D eigenvalue weighted by atomic mass is 10.1. The van der Waals surface area contributed by atoms with Crippen LogP contribution in [-0.4, -0.2) is 73.7 Å². The number of ketones is 1. The Morgan fingerprint density at radius 3 is 2.50 bits per heavy atom. The number of hydrazine groups is 1. The van der Waals surface area contributed by atoms with E-state index < -0.39 is 11.9 Å². The van der Waals surface area contributed by atoms with Crippen molar-refractivity contribution in [1.29, 1.82) is 0 Å². The summed E-state index contributed by atoms with van der Waals surface area (Å²) < 4.78 is 20.5. The summed E-state index contributed by atoms with van der Waals surface area (Å²) in [6.45, 7) is 3.77. The van der Waals surface area contributed by atoms with Crippen LogP contribution in [0.2, 0.25) is 0 Å². The van der Waals surface area contributed by atoms with E-state index >= 15 is 4.39 Å². The molecule has 0 saturated carbocycles. The van der Waals surface area contributed by atoms with Crippen LogP contribution >= 0.6 is 0 Å². The van der Waals surface area contributed by atoms with Crippen molar-refractivity contribution in [2.45, 2.75) is 25.9 Å². The van der Waals surface area contributed by atoms with Crippen molar-refractivity contribution >= 4 is 29.2 Å². The Balaban J connectivity index is 1.43. The lowest BCUT2D eigenvalue weighted by molar-refractivity contribution is -0.117. The number of ether oxygens (including phenoxy) is 1. The van der Waals surface area contributed by atoms with Gasteiger partial charge in [-0.3, -0.25) is 14.7 Å². The summed E-state index contributed by atoms with van der Waals surface area (Å²) in [7, 11) is 1.85. The van der Waals surface area contributed by atoms with Gasteiger partial charge in [0.2, 0.25) is 0 Å². The normalized spacial score (nSPS) is 19.2. The van der Waals surface area contributed by atoms with Crippen molar-refractivity contribution < 1.29 is 23.5 Å². The first-order valence-electron chi connectivity index (χ1n) is 11.4. The summed E-state index contributed by atoms with van der Waals surface area (Å²) in [6.07, 6.45) is -0.121. The number of amides is 2. The Morgan fingerprint density at radius 1 is 1.06 bits per heavy atom. The molecule has 2 amide bonds. The number of hydrogen-bond acceptors (Lipinski definition) is 6. The molecule has 2 heterocycles. The van der Waals surface area contributed by atoms with Gasteiger partial charge in [-0.05, 0) is 43.7 Å². The summed E-state index contributed by atoms with van der Waals surface area (Å²) in [6, 6.07) is 13.8. The van der Waals surface area contributed by atoms with Crippen LogP contribution in [0, 0.1) is 5.82 Å². The van der Waals surface area contributed by atoms with E-state index in [2.05, 4.69) is 0 Å². The summed E-state index contributed by atoms with van der Waals surface area (Å²) in [4.78, 5) is 39.7. The topological polar surface area (TPSA) is 73.4 Å². The van der Waals surface area contributed by atoms with Gasteiger partial charge in [0, 0.05) is 38.7 Å². The van der Waals surface area contributed by atoms with Gasteiger partial charge < -0.3 is 14.4 Å². The molecule has 2 aromatic carbocycles. The molecule has 0 aliphatic carbocycles. The Labute approximate surface area is 198 Å². The number of carbonyl (C=O) groups is 3. The van der Waals surface area contributed by atoms with Crippen molar-refractivity contribution in [2.24, 2.45) is 0 Å². The van der Waals surface area contributed by atoms with Crippen molar-refractivity contribution in [3.8, 4) is 0 Å². The Bertz CT molecular complexity index is 1060. The molecule has 2 aromatic rings. The number of benzene rings is 2. The molecule has 0 spiro atoms. The van der Waals surface area contributed by atoms with Gasteiger partial charge in [-0.1, -0.05) is 18.2 Å². The minimum absolute atomic E-state index is 0.0389. The van der Waals surface area contributed by atoms with Crippen molar-refractivity contribution in [2.75, 3.05) is 49.6 Å². The molecule has 0 bridgehead atoms. The van der Waals surface area contributed by atoms with E-state index in [4.69, 9.17) is 4.74 Å². The number of nitrogens with zero attached hydrogens (tertiary/aromatic N) is 4. The standard InChI is InChI=1S/C25H29FN4O4/c1-18(31)8-10-21-17-29(25(33)34-21)20-9-11-23(22(26)16-20)28-13-12-27(2)30(15-14-28)24(32)19-6-4-3-5-7-19/h3-7,9,11,16,21H,8,10,12-15,17H2,1-2H3/t21-/m0/s1. The Kier molecular flexibility index (Phi) is 7.12. The van der Waals surface area contributed by atoms with Crippen molar-refractivity contribution in [1.82, 2.24) is 10.0 Å². The SMILES string of the molecule is CC(=O)CC[C@H]1CN(c2ccc(N3CCN(C)N(C(=O)c4ccccc4)CC3)c(F)c2)C(=O)O1. The first-order valence-corrected chi connectivity index (χ1v) is 11.4. The van der Waals surface area contributed by atoms with Crippen LogP contribution in [0.25, 0.3) is 0 Å². The second-order valence-corrected chi connectivity index (χ2v) is 8.66. The highest BCUT2D eigenvalue weighted by Crippen LogP contribution is 2.29. The number of rotatable bonds is 6. The molecule has 0 unspecified atom stereocenters. The molecule has 1 atom stereocenters. The molecule has 9 heteroatoms. The van der Waals surface area contributed by atoms with Gasteiger partial charge in [0.1, 0.15) is 17.7 Å². The van der Waals surface area contributed by atoms with Crippen LogP contribution in [0.5, 0.6) is 0 Å². The third kappa shape index (κ3) is 5.20. The van der Waals surface area contributed by atoms with Gasteiger partial charge in [-0.15, -0.1) is 0 Å². The molecule has 34 heavy (non-hydrogen) atoms. The molecule has 2 aliphatic rings. The molecular formula is C25H29FN4O4. The number of hydrogen-bond donors (Lipinski definition) is 0. The van der Waals surface area contributed by atoms with Crippen LogP contribution in [0.3, 0.4) is 0 Å². The summed E-state index contributed by atoms with van der Waals surface area (Å²) in [5.74, 6) is -0.493. The average molecular weight is 469 g/mol. The highest BCUT2D eigenvalue weighted by atomic mass is 19.1. The molecule has 2 fully saturated rings. The van der Waals surface area contributed by atoms with Gasteiger partial charge in [0.15, 0.2) is 0 Å². The molecule has 0 aromatic heterocycles. The summed E-state index contributed by atoms with van der Waals surface area (Å²) in [5.41, 5.74) is 1.45. The van der Waals surface area contributed by atoms with Crippen molar-refractivity contribution in [3.05, 3.63) is 59.9 Å². The first kappa shape index (κ1) is 23.7. The zero-order valence-electron chi connectivity index (χ0n) is 19.4. The molecule has 4 rings (SSSR count). The summed E-state index contributed by atoms with van der Waals surface area (Å²) >= 11 is 0. The van der Waals surface area contributed by atoms with E-state index in [0.717, 1.165) is 0 Å². The van der Waals surface area contributed by atoms with Gasteiger partial charge in [0.25, 0.3) is 5.91 Å². The maximum atomic E-state index is 15.2. The van der Waals surface area contributed by atoms with E-state index in [-0.39, 0.29) is 24.3 Å². The van der Waals surface area contributed by atoms with E-state index in [1.54, 1.807) is 29.3 Å². The van der Waals surface area contributed by atoms with E-state index in [0.29, 0.717) is 56.0 Å². The number of anilines is 2. The second-order valence-electron chi connectivity index (χ2n) is 8.66. The maximum Gasteiger partial charge on any atom is 0.414 e. The van der Waals surface area contributed by atoms with Crippen LogP contribution in [0.4, 0.5) is 20.6 Å². The molecule has 0 radical (unpaired) electrons. The number of halogens is 1. The van der Waals surface area contributed by atoms with Gasteiger partial charge >= 0.3 is 6.09 Å². The fourth-order valence-corrected chi connectivity index (χ4v) is 4.28. The molecule has 2 saturated heterocycles. The van der Waals surface area contributed by atoms with E-state index in [9.17, 15) is 14.4 Å². The molecule has 180 valence electrons. The highest BCUT2D eigenvalue weighted by Gasteiger charge is 2.33. The lowest BCUT2D eigenvalue weighted by Crippen LogP contribution is -2.44. The fraction of sp³-hybridized carbons (Fsp3) is 0.400. The summed E-state index contributed by atoms with van der Waals surface area (Å²) in [5, 5.41) is 3.55. The van der Waals surface area contributed by atoms with E-state index in [1.165, 1.54) is 17.9 Å². The molecule has 0 N–H and O–H groups in total. The maximum absolute atomic E-state index is 15.2. The van der Waals surface area contributed by atoms with Crippen molar-refractivity contribution in [3.63, 3.8) is 0 Å². The molecular weight excluding hydrogens is 439 g/mol. The van der Waals surface area contributed by atoms with Gasteiger partial charge in [-0.25, -0.2) is 14.2 Å². The Hall–Kier alpha value is -3.46. The third-order valence-corrected chi connectivity index (χ3v) is 6.22. The van der Waals surface area contributed by atoms with Crippen LogP contribution in [0.1, 0.15) is 30.1 Å². The number of Topliss-reactive ketones (excluding diaryl/α,β-unsaturated/α-hetero) is 1. The number of cyclic esters (lactones) is 1.